The third-order valence-electron chi connectivity index (χ3n) is 4.86. The highest BCUT2D eigenvalue weighted by molar-refractivity contribution is 8.02. The molecule has 0 saturated heterocycles. The highest BCUT2D eigenvalue weighted by Crippen LogP contribution is 2.45. The van der Waals surface area contributed by atoms with E-state index >= 15 is 0 Å². The van der Waals surface area contributed by atoms with Gasteiger partial charge in [-0.3, -0.25) is 9.59 Å². The Hall–Kier alpha value is -3.20. The number of amides is 2. The van der Waals surface area contributed by atoms with Crippen LogP contribution in [0.15, 0.2) is 41.3 Å². The Morgan fingerprint density at radius 1 is 1.07 bits per heavy atom. The van der Waals surface area contributed by atoms with E-state index in [0.29, 0.717) is 11.5 Å². The minimum atomic E-state index is -1.44. The van der Waals surface area contributed by atoms with Crippen molar-refractivity contribution in [1.29, 1.82) is 0 Å². The second-order valence-corrected chi connectivity index (χ2v) is 8.13. The number of ether oxygens (including phenoxy) is 3. The number of hydrogen-bond acceptors (Lipinski definition) is 7. The normalized spacial score (nSPS) is 17.8. The molecule has 1 atom stereocenters. The molecule has 158 valence electrons. The molecular weight excluding hydrogens is 408 g/mol. The molecule has 9 heteroatoms. The first-order valence-electron chi connectivity index (χ1n) is 8.98. The molecule has 0 spiro atoms. The summed E-state index contributed by atoms with van der Waals surface area (Å²) in [6.07, 6.45) is 0. The molecule has 1 aliphatic rings. The van der Waals surface area contributed by atoms with Crippen molar-refractivity contribution in [1.82, 2.24) is 0 Å². The molecule has 2 amide bonds. The Bertz CT molecular complexity index is 1020. The molecule has 2 aromatic rings. The number of esters is 1. The number of methoxy groups -OCH3 is 3. The van der Waals surface area contributed by atoms with Crippen LogP contribution in [0.1, 0.15) is 17.3 Å². The number of fused-ring (bicyclic) bond motifs is 1. The van der Waals surface area contributed by atoms with E-state index in [1.807, 2.05) is 24.3 Å². The molecule has 30 heavy (non-hydrogen) atoms. The quantitative estimate of drug-likeness (QED) is 0.576. The number of nitrogens with one attached hydrogen (secondary N) is 1. The summed E-state index contributed by atoms with van der Waals surface area (Å²) in [6.45, 7) is 1.56. The molecule has 8 nitrogen and oxygen atoms in total. The van der Waals surface area contributed by atoms with Gasteiger partial charge in [-0.15, -0.1) is 0 Å². The second-order valence-electron chi connectivity index (χ2n) is 6.67. The number of nitrogens with zero attached hydrogens (tertiary/aromatic N) is 1. The lowest BCUT2D eigenvalue weighted by atomic mass is 10.1. The smallest absolute Gasteiger partial charge is 0.340 e. The average Bonchev–Trinajstić information content (AvgIpc) is 2.76. The minimum Gasteiger partial charge on any atom is -0.493 e. The Balaban J connectivity index is 2.01. The lowest BCUT2D eigenvalue weighted by Crippen LogP contribution is -2.53. The summed E-state index contributed by atoms with van der Waals surface area (Å²) in [5, 5.41) is 2.70. The zero-order valence-corrected chi connectivity index (χ0v) is 18.1. The van der Waals surface area contributed by atoms with Crippen molar-refractivity contribution in [2.45, 2.75) is 16.6 Å². The van der Waals surface area contributed by atoms with Crippen LogP contribution >= 0.6 is 11.8 Å². The minimum absolute atomic E-state index is 0.0779. The van der Waals surface area contributed by atoms with Crippen molar-refractivity contribution in [3.8, 4) is 11.5 Å². The molecule has 1 heterocycles. The summed E-state index contributed by atoms with van der Waals surface area (Å²) in [5.74, 6) is -0.990. The van der Waals surface area contributed by atoms with Gasteiger partial charge >= 0.3 is 5.97 Å². The summed E-state index contributed by atoms with van der Waals surface area (Å²) in [5.41, 5.74) is 0.967. The summed E-state index contributed by atoms with van der Waals surface area (Å²) in [6, 6.07) is 10.2. The van der Waals surface area contributed by atoms with E-state index in [-0.39, 0.29) is 17.2 Å². The molecule has 1 aliphatic heterocycles. The highest BCUT2D eigenvalue weighted by Gasteiger charge is 2.48. The van der Waals surface area contributed by atoms with Gasteiger partial charge in [-0.2, -0.15) is 0 Å². The van der Waals surface area contributed by atoms with Crippen molar-refractivity contribution in [2.75, 3.05) is 38.6 Å². The lowest BCUT2D eigenvalue weighted by Gasteiger charge is -2.37. The number of hydrogen-bond donors (Lipinski definition) is 1. The van der Waals surface area contributed by atoms with Crippen molar-refractivity contribution in [2.24, 2.45) is 0 Å². The Labute approximate surface area is 178 Å². The van der Waals surface area contributed by atoms with Gasteiger partial charge in [0, 0.05) is 24.1 Å². The van der Waals surface area contributed by atoms with Crippen LogP contribution in [0, 0.1) is 0 Å². The maximum atomic E-state index is 13.3. The first-order chi connectivity index (χ1) is 14.3. The third kappa shape index (κ3) is 3.56. The number of carbonyl (C=O) groups excluding carboxylic acids is 3. The first kappa shape index (κ1) is 21.5. The van der Waals surface area contributed by atoms with Crippen molar-refractivity contribution in [3.63, 3.8) is 0 Å². The largest absolute Gasteiger partial charge is 0.493 e. The number of carbonyl (C=O) groups is 3. The van der Waals surface area contributed by atoms with Gasteiger partial charge in [0.25, 0.3) is 5.91 Å². The molecule has 0 saturated carbocycles. The predicted octanol–water partition coefficient (Wildman–Crippen LogP) is 2.96. The molecular formula is C21H22N2O6S. The molecule has 0 aromatic heterocycles. The maximum absolute atomic E-state index is 13.3. The van der Waals surface area contributed by atoms with Crippen LogP contribution < -0.4 is 19.7 Å². The van der Waals surface area contributed by atoms with Crippen LogP contribution in [0.3, 0.4) is 0 Å². The van der Waals surface area contributed by atoms with Crippen LogP contribution in [0.25, 0.3) is 0 Å². The zero-order valence-electron chi connectivity index (χ0n) is 17.3. The molecule has 0 bridgehead atoms. The van der Waals surface area contributed by atoms with Gasteiger partial charge in [-0.25, -0.2) is 4.79 Å². The van der Waals surface area contributed by atoms with Crippen LogP contribution in [0.5, 0.6) is 11.5 Å². The van der Waals surface area contributed by atoms with Crippen LogP contribution in [0.2, 0.25) is 0 Å². The summed E-state index contributed by atoms with van der Waals surface area (Å²) < 4.78 is 13.9. The molecule has 1 N–H and O–H groups in total. The van der Waals surface area contributed by atoms with E-state index < -0.39 is 16.6 Å². The van der Waals surface area contributed by atoms with E-state index in [2.05, 4.69) is 5.32 Å². The number of rotatable bonds is 5. The van der Waals surface area contributed by atoms with Gasteiger partial charge in [0.2, 0.25) is 5.91 Å². The van der Waals surface area contributed by atoms with E-state index in [4.69, 9.17) is 14.2 Å². The van der Waals surface area contributed by atoms with Crippen LogP contribution in [-0.4, -0.2) is 50.9 Å². The van der Waals surface area contributed by atoms with Crippen LogP contribution in [-0.2, 0) is 14.3 Å². The Morgan fingerprint density at radius 3 is 2.33 bits per heavy atom. The maximum Gasteiger partial charge on any atom is 0.340 e. The van der Waals surface area contributed by atoms with E-state index in [1.165, 1.54) is 38.4 Å². The summed E-state index contributed by atoms with van der Waals surface area (Å²) in [4.78, 5) is 40.8. The van der Waals surface area contributed by atoms with Crippen molar-refractivity contribution >= 4 is 40.9 Å². The molecule has 0 aliphatic carbocycles. The average molecular weight is 430 g/mol. The molecule has 3 rings (SSSR count). The molecule has 0 fully saturated rings. The summed E-state index contributed by atoms with van der Waals surface area (Å²) in [7, 11) is 5.73. The molecule has 2 aromatic carbocycles. The zero-order chi connectivity index (χ0) is 22.1. The first-order valence-corrected chi connectivity index (χ1v) is 9.80. The summed E-state index contributed by atoms with van der Waals surface area (Å²) >= 11 is 1.16. The van der Waals surface area contributed by atoms with Gasteiger partial charge in [0.05, 0.1) is 38.3 Å². The number of thioether (sulfide) groups is 1. The highest BCUT2D eigenvalue weighted by atomic mass is 32.2. The third-order valence-corrected chi connectivity index (χ3v) is 6.20. The number of anilines is 2. The predicted molar refractivity (Wildman–Crippen MR) is 114 cm³/mol. The van der Waals surface area contributed by atoms with Crippen molar-refractivity contribution in [3.05, 3.63) is 42.0 Å². The van der Waals surface area contributed by atoms with E-state index in [1.54, 1.807) is 14.0 Å². The fourth-order valence-corrected chi connectivity index (χ4v) is 4.42. The lowest BCUT2D eigenvalue weighted by molar-refractivity contribution is -0.128. The number of para-hydroxylation sites is 1. The van der Waals surface area contributed by atoms with Crippen LogP contribution in [0.4, 0.5) is 11.4 Å². The standard InChI is InChI=1S/C21H22N2O6S/c1-21(20(26)23(2)14-8-6-7-9-17(14)30-21)19(25)22-13-11-16(28-4)15(27-3)10-12(13)18(24)29-5/h6-11H,1-5H3,(H,22,25). The van der Waals surface area contributed by atoms with Gasteiger partial charge in [-0.05, 0) is 19.1 Å². The fourth-order valence-electron chi connectivity index (χ4n) is 3.16. The fraction of sp³-hybridized carbons (Fsp3) is 0.286. The van der Waals surface area contributed by atoms with Gasteiger partial charge in [0.15, 0.2) is 16.2 Å². The molecule has 0 radical (unpaired) electrons. The van der Waals surface area contributed by atoms with Gasteiger partial charge in [-0.1, -0.05) is 23.9 Å². The van der Waals surface area contributed by atoms with Crippen molar-refractivity contribution < 1.29 is 28.6 Å². The monoisotopic (exact) mass is 430 g/mol. The van der Waals surface area contributed by atoms with E-state index in [9.17, 15) is 14.4 Å². The second kappa shape index (κ2) is 8.27. The topological polar surface area (TPSA) is 94.2 Å². The Kier molecular flexibility index (Phi) is 5.93. The molecule has 1 unspecified atom stereocenters. The van der Waals surface area contributed by atoms with E-state index in [0.717, 1.165) is 22.3 Å². The Morgan fingerprint density at radius 2 is 1.70 bits per heavy atom. The van der Waals surface area contributed by atoms with Gasteiger partial charge in [0.1, 0.15) is 0 Å². The van der Waals surface area contributed by atoms with Gasteiger partial charge < -0.3 is 24.4 Å². The SMILES string of the molecule is COC(=O)c1cc(OC)c(OC)cc1NC(=O)C1(C)Sc2ccccc2N(C)C1=O. The number of benzene rings is 2.